The predicted octanol–water partition coefficient (Wildman–Crippen LogP) is 5.25. The Morgan fingerprint density at radius 1 is 1.00 bits per heavy atom. The first kappa shape index (κ1) is 22.5. The minimum absolute atomic E-state index is 0.00218. The molecule has 1 atom stereocenters. The number of halogens is 1. The van der Waals surface area contributed by atoms with E-state index in [0.29, 0.717) is 19.4 Å². The van der Waals surface area contributed by atoms with Gasteiger partial charge in [0.1, 0.15) is 6.04 Å². The number of benzene rings is 2. The van der Waals surface area contributed by atoms with Crippen molar-refractivity contribution in [2.75, 3.05) is 0 Å². The van der Waals surface area contributed by atoms with Gasteiger partial charge >= 0.3 is 0 Å². The molecule has 0 saturated heterocycles. The maximum absolute atomic E-state index is 13.4. The van der Waals surface area contributed by atoms with Gasteiger partial charge in [0.2, 0.25) is 11.8 Å². The summed E-state index contributed by atoms with van der Waals surface area (Å²) in [5.74, 6) is -0.0395. The molecule has 0 aromatic heterocycles. The van der Waals surface area contributed by atoms with E-state index in [2.05, 4.69) is 21.2 Å². The summed E-state index contributed by atoms with van der Waals surface area (Å²) in [6.07, 6.45) is 6.50. The monoisotopic (exact) mass is 470 g/mol. The van der Waals surface area contributed by atoms with E-state index < -0.39 is 6.04 Å². The van der Waals surface area contributed by atoms with Crippen molar-refractivity contribution < 1.29 is 9.59 Å². The van der Waals surface area contributed by atoms with Gasteiger partial charge in [-0.25, -0.2) is 0 Å². The lowest BCUT2D eigenvalue weighted by atomic mass is 9.94. The van der Waals surface area contributed by atoms with Crippen molar-refractivity contribution in [1.29, 1.82) is 0 Å². The van der Waals surface area contributed by atoms with Gasteiger partial charge in [-0.05, 0) is 36.1 Å². The summed E-state index contributed by atoms with van der Waals surface area (Å²) in [6.45, 7) is 2.28. The zero-order valence-electron chi connectivity index (χ0n) is 17.6. The van der Waals surface area contributed by atoms with Gasteiger partial charge in [-0.15, -0.1) is 0 Å². The predicted molar refractivity (Wildman–Crippen MR) is 124 cm³/mol. The third kappa shape index (κ3) is 6.43. The van der Waals surface area contributed by atoms with E-state index in [1.807, 2.05) is 61.5 Å². The number of nitrogens with one attached hydrogen (secondary N) is 1. The first-order valence-electron chi connectivity index (χ1n) is 10.9. The van der Waals surface area contributed by atoms with Crippen molar-refractivity contribution in [3.8, 4) is 0 Å². The minimum Gasteiger partial charge on any atom is -0.352 e. The second-order valence-corrected chi connectivity index (χ2v) is 8.97. The molecule has 30 heavy (non-hydrogen) atoms. The highest BCUT2D eigenvalue weighted by Gasteiger charge is 2.31. The Bertz CT molecular complexity index is 817. The minimum atomic E-state index is -0.523. The summed E-state index contributed by atoms with van der Waals surface area (Å²) in [4.78, 5) is 28.1. The lowest BCUT2D eigenvalue weighted by Crippen LogP contribution is -2.52. The Balaban J connectivity index is 1.85. The van der Waals surface area contributed by atoms with Crippen LogP contribution in [0.5, 0.6) is 0 Å². The normalized spacial score (nSPS) is 15.4. The van der Waals surface area contributed by atoms with Crippen LogP contribution < -0.4 is 5.32 Å². The molecule has 0 unspecified atom stereocenters. The van der Waals surface area contributed by atoms with Gasteiger partial charge in [0.15, 0.2) is 0 Å². The van der Waals surface area contributed by atoms with E-state index in [9.17, 15) is 9.59 Å². The first-order chi connectivity index (χ1) is 14.6. The van der Waals surface area contributed by atoms with Crippen LogP contribution in [0.15, 0.2) is 59.1 Å². The highest BCUT2D eigenvalue weighted by atomic mass is 79.9. The molecule has 0 heterocycles. The third-order valence-electron chi connectivity index (χ3n) is 5.79. The van der Waals surface area contributed by atoms with Crippen LogP contribution >= 0.6 is 15.9 Å². The summed E-state index contributed by atoms with van der Waals surface area (Å²) in [6, 6.07) is 17.6. The van der Waals surface area contributed by atoms with Gasteiger partial charge in [-0.3, -0.25) is 9.59 Å². The quantitative estimate of drug-likeness (QED) is 0.572. The molecule has 0 aliphatic heterocycles. The van der Waals surface area contributed by atoms with Crippen LogP contribution in [0.2, 0.25) is 0 Å². The zero-order chi connectivity index (χ0) is 21.3. The molecule has 2 aromatic rings. The Kier molecular flexibility index (Phi) is 8.50. The summed E-state index contributed by atoms with van der Waals surface area (Å²) < 4.78 is 0.996. The Labute approximate surface area is 188 Å². The topological polar surface area (TPSA) is 49.4 Å². The summed E-state index contributed by atoms with van der Waals surface area (Å²) in [7, 11) is 0. The molecule has 1 saturated carbocycles. The van der Waals surface area contributed by atoms with Crippen molar-refractivity contribution >= 4 is 27.7 Å². The lowest BCUT2D eigenvalue weighted by molar-refractivity contribution is -0.141. The summed E-state index contributed by atoms with van der Waals surface area (Å²) in [5, 5.41) is 3.25. The van der Waals surface area contributed by atoms with Gasteiger partial charge in [-0.2, -0.15) is 0 Å². The van der Waals surface area contributed by atoms with Gasteiger partial charge < -0.3 is 10.2 Å². The number of hydrogen-bond acceptors (Lipinski definition) is 2. The fraction of sp³-hybridized carbons (Fsp3) is 0.440. The Hall–Kier alpha value is -2.14. The smallest absolute Gasteiger partial charge is 0.243 e. The molecule has 1 aliphatic carbocycles. The van der Waals surface area contributed by atoms with Gasteiger partial charge in [-0.1, -0.05) is 84.6 Å². The number of nitrogens with zero attached hydrogens (tertiary/aromatic N) is 1. The number of carbonyl (C=O) groups excluding carboxylic acids is 2. The van der Waals surface area contributed by atoms with Crippen LogP contribution in [-0.2, 0) is 22.6 Å². The molecule has 0 radical (unpaired) electrons. The van der Waals surface area contributed by atoms with Crippen LogP contribution in [0.1, 0.15) is 56.6 Å². The van der Waals surface area contributed by atoms with E-state index in [1.165, 1.54) is 6.42 Å². The maximum atomic E-state index is 13.4. The molecule has 0 bridgehead atoms. The number of hydrogen-bond donors (Lipinski definition) is 1. The third-order valence-corrected chi connectivity index (χ3v) is 6.32. The van der Waals surface area contributed by atoms with E-state index in [-0.39, 0.29) is 17.9 Å². The molecule has 1 aliphatic rings. The molecule has 5 heteroatoms. The molecule has 1 fully saturated rings. The molecule has 0 spiro atoms. The van der Waals surface area contributed by atoms with E-state index in [1.54, 1.807) is 4.90 Å². The van der Waals surface area contributed by atoms with Crippen LogP contribution in [0, 0.1) is 0 Å². The van der Waals surface area contributed by atoms with Crippen LogP contribution in [0.3, 0.4) is 0 Å². The molecule has 3 rings (SSSR count). The van der Waals surface area contributed by atoms with Gasteiger partial charge in [0.25, 0.3) is 0 Å². The van der Waals surface area contributed by atoms with Crippen molar-refractivity contribution in [2.24, 2.45) is 0 Å². The van der Waals surface area contributed by atoms with Crippen molar-refractivity contribution in [2.45, 2.75) is 70.5 Å². The van der Waals surface area contributed by atoms with Crippen molar-refractivity contribution in [1.82, 2.24) is 10.2 Å². The highest BCUT2D eigenvalue weighted by Crippen LogP contribution is 2.20. The molecular weight excluding hydrogens is 440 g/mol. The molecule has 4 nitrogen and oxygen atoms in total. The molecule has 160 valence electrons. The van der Waals surface area contributed by atoms with Crippen molar-refractivity contribution in [3.05, 3.63) is 70.2 Å². The summed E-state index contributed by atoms with van der Waals surface area (Å²) in [5.41, 5.74) is 2.08. The van der Waals surface area contributed by atoms with Crippen LogP contribution in [0.4, 0.5) is 0 Å². The van der Waals surface area contributed by atoms with Crippen LogP contribution in [-0.4, -0.2) is 28.8 Å². The molecule has 2 aromatic carbocycles. The van der Waals surface area contributed by atoms with Gasteiger partial charge in [0, 0.05) is 29.9 Å². The van der Waals surface area contributed by atoms with Gasteiger partial charge in [0.05, 0.1) is 0 Å². The Morgan fingerprint density at radius 3 is 2.30 bits per heavy atom. The molecule has 1 N–H and O–H groups in total. The molecular formula is C25H31BrN2O2. The lowest BCUT2D eigenvalue weighted by Gasteiger charge is -2.33. The number of carbonyl (C=O) groups is 2. The zero-order valence-corrected chi connectivity index (χ0v) is 19.2. The number of amides is 2. The fourth-order valence-corrected chi connectivity index (χ4v) is 4.35. The van der Waals surface area contributed by atoms with E-state index in [0.717, 1.165) is 41.3 Å². The largest absolute Gasteiger partial charge is 0.352 e. The SMILES string of the molecule is CCC(=O)N(Cc1ccc(Br)cc1)[C@H](Cc1ccccc1)C(=O)NC1CCCCC1. The summed E-state index contributed by atoms with van der Waals surface area (Å²) >= 11 is 3.46. The van der Waals surface area contributed by atoms with Crippen molar-refractivity contribution in [3.63, 3.8) is 0 Å². The van der Waals surface area contributed by atoms with E-state index >= 15 is 0 Å². The van der Waals surface area contributed by atoms with Crippen LogP contribution in [0.25, 0.3) is 0 Å². The maximum Gasteiger partial charge on any atom is 0.243 e. The average molecular weight is 471 g/mol. The van der Waals surface area contributed by atoms with E-state index in [4.69, 9.17) is 0 Å². The second-order valence-electron chi connectivity index (χ2n) is 8.05. The first-order valence-corrected chi connectivity index (χ1v) is 11.7. The highest BCUT2D eigenvalue weighted by molar-refractivity contribution is 9.10. The average Bonchev–Trinajstić information content (AvgIpc) is 2.78. The second kappa shape index (κ2) is 11.3. The molecule has 2 amide bonds. The Morgan fingerprint density at radius 2 is 1.67 bits per heavy atom. The standard InChI is InChI=1S/C25H31BrN2O2/c1-2-24(29)28(18-20-13-15-21(26)16-14-20)23(17-19-9-5-3-6-10-19)25(30)27-22-11-7-4-8-12-22/h3,5-6,9-10,13-16,22-23H,2,4,7-8,11-12,17-18H2,1H3,(H,27,30)/t23-/m1/s1. The number of rotatable bonds is 8. The fourth-order valence-electron chi connectivity index (χ4n) is 4.09.